The average Bonchev–Trinajstić information content (AvgIpc) is 2.85. The normalized spacial score (nSPS) is 10.9. The molecule has 1 aromatic heterocycles. The average molecular weight is 263 g/mol. The summed E-state index contributed by atoms with van der Waals surface area (Å²) in [4.78, 5) is 5.05. The van der Waals surface area contributed by atoms with Crippen molar-refractivity contribution in [2.24, 2.45) is 0 Å². The summed E-state index contributed by atoms with van der Waals surface area (Å²) in [6.45, 7) is 4.83. The van der Waals surface area contributed by atoms with Crippen LogP contribution >= 0.6 is 11.3 Å². The van der Waals surface area contributed by atoms with Crippen molar-refractivity contribution in [3.05, 3.63) is 45.9 Å². The van der Waals surface area contributed by atoms with E-state index in [2.05, 4.69) is 31.0 Å². The Hall–Kier alpha value is -1.39. The van der Waals surface area contributed by atoms with E-state index in [0.717, 1.165) is 15.6 Å². The van der Waals surface area contributed by atoms with Gasteiger partial charge in [0.15, 0.2) is 0 Å². The number of aromatic nitrogens is 1. The van der Waals surface area contributed by atoms with Gasteiger partial charge in [-0.1, -0.05) is 26.0 Å². The van der Waals surface area contributed by atoms with Crippen molar-refractivity contribution >= 4 is 11.3 Å². The van der Waals surface area contributed by atoms with Gasteiger partial charge in [-0.15, -0.1) is 11.3 Å². The lowest BCUT2D eigenvalue weighted by molar-refractivity contribution is 0.285. The maximum Gasteiger partial charge on any atom is 0.140 e. The summed E-state index contributed by atoms with van der Waals surface area (Å²) >= 11 is 1.47. The molecule has 2 rings (SSSR count). The van der Waals surface area contributed by atoms with Gasteiger partial charge in [-0.05, 0) is 23.6 Å². The minimum Gasteiger partial charge on any atom is -0.486 e. The predicted octanol–water partition coefficient (Wildman–Crippen LogP) is 3.34. The first-order valence-electron chi connectivity index (χ1n) is 5.96. The molecule has 4 heteroatoms. The number of aliphatic hydroxyl groups excluding tert-OH is 1. The first-order valence-corrected chi connectivity index (χ1v) is 6.78. The van der Waals surface area contributed by atoms with Crippen molar-refractivity contribution in [3.8, 4) is 5.75 Å². The van der Waals surface area contributed by atoms with Crippen LogP contribution in [0.3, 0.4) is 0 Å². The van der Waals surface area contributed by atoms with Crippen LogP contribution in [-0.2, 0) is 13.2 Å². The maximum atomic E-state index is 8.95. The van der Waals surface area contributed by atoms with Gasteiger partial charge < -0.3 is 9.84 Å². The summed E-state index contributed by atoms with van der Waals surface area (Å²) in [5.74, 6) is 1.38. The zero-order chi connectivity index (χ0) is 13.0. The summed E-state index contributed by atoms with van der Waals surface area (Å²) in [5.41, 5.74) is 1.30. The van der Waals surface area contributed by atoms with Crippen LogP contribution in [0.15, 0.2) is 30.5 Å². The van der Waals surface area contributed by atoms with Gasteiger partial charge in [-0.25, -0.2) is 4.98 Å². The third-order valence-corrected chi connectivity index (χ3v) is 3.62. The van der Waals surface area contributed by atoms with E-state index in [9.17, 15) is 0 Å². The molecule has 2 aromatic rings. The molecule has 0 bridgehead atoms. The quantitative estimate of drug-likeness (QED) is 0.899. The molecule has 18 heavy (non-hydrogen) atoms. The van der Waals surface area contributed by atoms with E-state index in [4.69, 9.17) is 9.84 Å². The van der Waals surface area contributed by atoms with E-state index in [1.54, 1.807) is 6.20 Å². The lowest BCUT2D eigenvalue weighted by atomic mass is 10.0. The highest BCUT2D eigenvalue weighted by Gasteiger charge is 2.03. The summed E-state index contributed by atoms with van der Waals surface area (Å²) in [7, 11) is 0. The maximum absolute atomic E-state index is 8.95. The van der Waals surface area contributed by atoms with Crippen molar-refractivity contribution in [1.29, 1.82) is 0 Å². The van der Waals surface area contributed by atoms with Crippen LogP contribution in [0.2, 0.25) is 0 Å². The van der Waals surface area contributed by atoms with Crippen molar-refractivity contribution in [2.75, 3.05) is 0 Å². The Morgan fingerprint density at radius 2 is 2.00 bits per heavy atom. The number of nitrogens with zero attached hydrogens (tertiary/aromatic N) is 1. The van der Waals surface area contributed by atoms with Gasteiger partial charge in [-0.3, -0.25) is 0 Å². The first kappa shape index (κ1) is 13.1. The van der Waals surface area contributed by atoms with E-state index in [1.807, 2.05) is 12.1 Å². The Morgan fingerprint density at radius 1 is 1.28 bits per heavy atom. The summed E-state index contributed by atoms with van der Waals surface area (Å²) < 4.78 is 5.65. The highest BCUT2D eigenvalue weighted by Crippen LogP contribution is 2.20. The summed E-state index contributed by atoms with van der Waals surface area (Å²) in [6, 6.07) is 8.13. The second-order valence-corrected chi connectivity index (χ2v) is 5.59. The molecule has 0 unspecified atom stereocenters. The molecule has 96 valence electrons. The van der Waals surface area contributed by atoms with Gasteiger partial charge >= 0.3 is 0 Å². The zero-order valence-electron chi connectivity index (χ0n) is 10.6. The van der Waals surface area contributed by atoms with Crippen LogP contribution in [0.4, 0.5) is 0 Å². The predicted molar refractivity (Wildman–Crippen MR) is 72.9 cm³/mol. The van der Waals surface area contributed by atoms with Gasteiger partial charge in [-0.2, -0.15) is 0 Å². The van der Waals surface area contributed by atoms with E-state index in [1.165, 1.54) is 16.9 Å². The summed E-state index contributed by atoms with van der Waals surface area (Å²) in [5, 5.41) is 9.83. The number of thiazole rings is 1. The molecule has 0 aliphatic rings. The molecular formula is C14H17NO2S. The molecular weight excluding hydrogens is 246 g/mol. The van der Waals surface area contributed by atoms with E-state index >= 15 is 0 Å². The Morgan fingerprint density at radius 3 is 2.56 bits per heavy atom. The lowest BCUT2D eigenvalue weighted by Crippen LogP contribution is -1.95. The van der Waals surface area contributed by atoms with E-state index in [0.29, 0.717) is 12.5 Å². The van der Waals surface area contributed by atoms with Crippen LogP contribution in [0.1, 0.15) is 35.2 Å². The second kappa shape index (κ2) is 5.98. The van der Waals surface area contributed by atoms with Crippen LogP contribution < -0.4 is 4.74 Å². The first-order chi connectivity index (χ1) is 8.69. The van der Waals surface area contributed by atoms with Crippen LogP contribution in [0, 0.1) is 0 Å². The number of ether oxygens (including phenoxy) is 1. The molecule has 0 spiro atoms. The number of aliphatic hydroxyl groups is 1. The smallest absolute Gasteiger partial charge is 0.140 e. The second-order valence-electron chi connectivity index (χ2n) is 4.39. The highest BCUT2D eigenvalue weighted by atomic mass is 32.1. The van der Waals surface area contributed by atoms with Gasteiger partial charge in [0, 0.05) is 6.20 Å². The Labute approximate surface area is 111 Å². The lowest BCUT2D eigenvalue weighted by Gasteiger charge is -2.07. The van der Waals surface area contributed by atoms with Gasteiger partial charge in [0.05, 0.1) is 11.5 Å². The van der Waals surface area contributed by atoms with Crippen molar-refractivity contribution in [1.82, 2.24) is 4.98 Å². The Balaban J connectivity index is 1.93. The summed E-state index contributed by atoms with van der Waals surface area (Å²) in [6.07, 6.45) is 1.69. The monoisotopic (exact) mass is 263 g/mol. The van der Waals surface area contributed by atoms with Crippen LogP contribution in [0.25, 0.3) is 0 Å². The van der Waals surface area contributed by atoms with Crippen LogP contribution in [-0.4, -0.2) is 10.1 Å². The zero-order valence-corrected chi connectivity index (χ0v) is 11.4. The third-order valence-electron chi connectivity index (χ3n) is 2.67. The number of benzene rings is 1. The molecule has 0 amide bonds. The molecule has 1 heterocycles. The standard InChI is InChI=1S/C14H17NO2S/c1-10(2)11-3-5-12(6-4-11)17-9-14-15-7-13(8-16)18-14/h3-7,10,16H,8-9H2,1-2H3. The molecule has 1 aromatic carbocycles. The molecule has 0 radical (unpaired) electrons. The number of hydrogen-bond donors (Lipinski definition) is 1. The Kier molecular flexibility index (Phi) is 4.33. The molecule has 0 aliphatic heterocycles. The fourth-order valence-electron chi connectivity index (χ4n) is 1.58. The minimum atomic E-state index is 0.0424. The van der Waals surface area contributed by atoms with Crippen molar-refractivity contribution in [2.45, 2.75) is 33.0 Å². The van der Waals surface area contributed by atoms with Gasteiger partial charge in [0.2, 0.25) is 0 Å². The SMILES string of the molecule is CC(C)c1ccc(OCc2ncc(CO)s2)cc1. The topological polar surface area (TPSA) is 42.4 Å². The Bertz CT molecular complexity index is 491. The molecule has 0 fully saturated rings. The third kappa shape index (κ3) is 3.31. The molecule has 1 N–H and O–H groups in total. The molecule has 0 saturated carbocycles. The van der Waals surface area contributed by atoms with Crippen molar-refractivity contribution < 1.29 is 9.84 Å². The number of rotatable bonds is 5. The fraction of sp³-hybridized carbons (Fsp3) is 0.357. The largest absolute Gasteiger partial charge is 0.486 e. The molecule has 0 atom stereocenters. The van der Waals surface area contributed by atoms with Gasteiger partial charge in [0.25, 0.3) is 0 Å². The molecule has 0 aliphatic carbocycles. The van der Waals surface area contributed by atoms with Crippen LogP contribution in [0.5, 0.6) is 5.75 Å². The molecule has 0 saturated heterocycles. The molecule has 3 nitrogen and oxygen atoms in total. The van der Waals surface area contributed by atoms with Crippen molar-refractivity contribution in [3.63, 3.8) is 0 Å². The van der Waals surface area contributed by atoms with E-state index < -0.39 is 0 Å². The van der Waals surface area contributed by atoms with E-state index in [-0.39, 0.29) is 6.61 Å². The van der Waals surface area contributed by atoms with Gasteiger partial charge in [0.1, 0.15) is 17.4 Å². The fourth-order valence-corrected chi connectivity index (χ4v) is 2.28. The number of hydrogen-bond acceptors (Lipinski definition) is 4. The minimum absolute atomic E-state index is 0.0424. The highest BCUT2D eigenvalue weighted by molar-refractivity contribution is 7.11.